The first kappa shape index (κ1) is 18.9. The smallest absolute Gasteiger partial charge is 0.406 e. The van der Waals surface area contributed by atoms with E-state index in [9.17, 15) is 22.0 Å². The van der Waals surface area contributed by atoms with Crippen molar-refractivity contribution >= 4 is 11.0 Å². The second-order valence-corrected chi connectivity index (χ2v) is 6.21. The molecule has 4 nitrogen and oxygen atoms in total. The Kier molecular flexibility index (Phi) is 4.65. The Hall–Kier alpha value is -3.49. The molecule has 2 heterocycles. The third kappa shape index (κ3) is 4.03. The van der Waals surface area contributed by atoms with Crippen LogP contribution in [0.1, 0.15) is 11.3 Å². The highest BCUT2D eigenvalue weighted by Crippen LogP contribution is 2.28. The van der Waals surface area contributed by atoms with Gasteiger partial charge in [0.25, 0.3) is 0 Å². The predicted molar refractivity (Wildman–Crippen MR) is 95.2 cm³/mol. The number of aromatic amines is 1. The quantitative estimate of drug-likeness (QED) is 0.463. The number of rotatable bonds is 4. The van der Waals surface area contributed by atoms with Crippen molar-refractivity contribution in [2.24, 2.45) is 0 Å². The average Bonchev–Trinajstić information content (AvgIpc) is 3.08. The van der Waals surface area contributed by atoms with Crippen molar-refractivity contribution in [1.29, 1.82) is 0 Å². The largest absolute Gasteiger partial charge is 0.573 e. The van der Waals surface area contributed by atoms with Gasteiger partial charge in [-0.05, 0) is 35.9 Å². The van der Waals surface area contributed by atoms with Gasteiger partial charge in [-0.15, -0.1) is 13.2 Å². The van der Waals surface area contributed by atoms with Crippen LogP contribution in [0.25, 0.3) is 22.4 Å². The van der Waals surface area contributed by atoms with Crippen LogP contribution in [0.15, 0.2) is 54.7 Å². The summed E-state index contributed by atoms with van der Waals surface area (Å²) in [6.45, 7) is 0. The Bertz CT molecular complexity index is 1190. The molecule has 1 N–H and O–H groups in total. The number of alkyl halides is 3. The number of nitrogens with one attached hydrogen (secondary N) is 1. The molecule has 0 aliphatic rings. The first-order valence-electron chi connectivity index (χ1n) is 8.43. The number of imidazole rings is 1. The molecule has 0 aliphatic heterocycles. The van der Waals surface area contributed by atoms with E-state index in [1.54, 1.807) is 12.1 Å². The number of hydrogen-bond donors (Lipinski definition) is 1. The Labute approximate surface area is 161 Å². The van der Waals surface area contributed by atoms with E-state index < -0.39 is 18.0 Å². The summed E-state index contributed by atoms with van der Waals surface area (Å²) < 4.78 is 68.8. The number of pyridine rings is 1. The van der Waals surface area contributed by atoms with Crippen LogP contribution >= 0.6 is 0 Å². The number of hydrogen-bond acceptors (Lipinski definition) is 3. The molecule has 0 spiro atoms. The van der Waals surface area contributed by atoms with E-state index in [2.05, 4.69) is 19.7 Å². The first-order chi connectivity index (χ1) is 13.8. The summed E-state index contributed by atoms with van der Waals surface area (Å²) in [6, 6.07) is 10.9. The average molecular weight is 405 g/mol. The molecule has 2 aromatic carbocycles. The maximum atomic E-state index is 14.1. The highest BCUT2D eigenvalue weighted by molar-refractivity contribution is 5.81. The fourth-order valence-electron chi connectivity index (χ4n) is 2.98. The van der Waals surface area contributed by atoms with Crippen molar-refractivity contribution in [3.63, 3.8) is 0 Å². The van der Waals surface area contributed by atoms with Crippen molar-refractivity contribution in [3.05, 3.63) is 77.6 Å². The van der Waals surface area contributed by atoms with Gasteiger partial charge in [0.1, 0.15) is 17.1 Å². The van der Waals surface area contributed by atoms with Crippen molar-refractivity contribution in [1.82, 2.24) is 15.0 Å². The highest BCUT2D eigenvalue weighted by atomic mass is 19.4. The number of halogens is 5. The van der Waals surface area contributed by atoms with Gasteiger partial charge in [0.15, 0.2) is 11.6 Å². The van der Waals surface area contributed by atoms with Crippen LogP contribution in [0, 0.1) is 11.6 Å². The Morgan fingerprint density at radius 2 is 1.79 bits per heavy atom. The first-order valence-corrected chi connectivity index (χ1v) is 8.43. The Morgan fingerprint density at radius 1 is 1.00 bits per heavy atom. The SMILES string of the molecule is Fc1cccc(-c2nc3c(Cc4cccc(OC(F)(F)F)c4)nccc3[nH]2)c1F. The molecule has 4 aromatic rings. The van der Waals surface area contributed by atoms with Crippen LogP contribution in [0.4, 0.5) is 22.0 Å². The van der Waals surface area contributed by atoms with E-state index in [1.807, 2.05) is 0 Å². The summed E-state index contributed by atoms with van der Waals surface area (Å²) in [5, 5.41) is 0. The van der Waals surface area contributed by atoms with Crippen molar-refractivity contribution in [3.8, 4) is 17.1 Å². The number of ether oxygens (including phenoxy) is 1. The molecule has 0 saturated carbocycles. The zero-order valence-corrected chi connectivity index (χ0v) is 14.6. The van der Waals surface area contributed by atoms with Gasteiger partial charge in [-0.2, -0.15) is 0 Å². The number of benzene rings is 2. The minimum atomic E-state index is -4.79. The lowest BCUT2D eigenvalue weighted by molar-refractivity contribution is -0.274. The Balaban J connectivity index is 1.70. The molecular formula is C20H12F5N3O. The molecule has 0 radical (unpaired) electrons. The van der Waals surface area contributed by atoms with Gasteiger partial charge in [-0.25, -0.2) is 13.8 Å². The van der Waals surface area contributed by atoms with Gasteiger partial charge in [-0.3, -0.25) is 4.98 Å². The fourth-order valence-corrected chi connectivity index (χ4v) is 2.98. The molecular weight excluding hydrogens is 393 g/mol. The minimum absolute atomic E-state index is 0.0345. The zero-order chi connectivity index (χ0) is 20.6. The Morgan fingerprint density at radius 3 is 2.59 bits per heavy atom. The van der Waals surface area contributed by atoms with Crippen LogP contribution in [0.2, 0.25) is 0 Å². The molecule has 0 unspecified atom stereocenters. The predicted octanol–water partition coefficient (Wildman–Crippen LogP) is 5.39. The van der Waals surface area contributed by atoms with Gasteiger partial charge in [0.05, 0.1) is 16.8 Å². The van der Waals surface area contributed by atoms with E-state index >= 15 is 0 Å². The van der Waals surface area contributed by atoms with Gasteiger partial charge >= 0.3 is 6.36 Å². The van der Waals surface area contributed by atoms with E-state index in [0.29, 0.717) is 22.3 Å². The molecule has 0 aliphatic carbocycles. The second-order valence-electron chi connectivity index (χ2n) is 6.21. The molecule has 0 bridgehead atoms. The molecule has 29 heavy (non-hydrogen) atoms. The summed E-state index contributed by atoms with van der Waals surface area (Å²) in [4.78, 5) is 11.5. The molecule has 0 amide bonds. The maximum absolute atomic E-state index is 14.1. The summed E-state index contributed by atoms with van der Waals surface area (Å²) in [7, 11) is 0. The number of fused-ring (bicyclic) bond motifs is 1. The molecule has 9 heteroatoms. The van der Waals surface area contributed by atoms with Gasteiger partial charge in [0.2, 0.25) is 0 Å². The molecule has 4 rings (SSSR count). The standard InChI is InChI=1S/C20H12F5N3O/c21-14-6-2-5-13(17(14)22)19-27-15-7-8-26-16(18(15)28-19)10-11-3-1-4-12(9-11)29-20(23,24)25/h1-9H,10H2,(H,27,28). The molecule has 2 aromatic heterocycles. The maximum Gasteiger partial charge on any atom is 0.573 e. The molecule has 0 saturated heterocycles. The third-order valence-corrected chi connectivity index (χ3v) is 4.19. The highest BCUT2D eigenvalue weighted by Gasteiger charge is 2.31. The van der Waals surface area contributed by atoms with Crippen LogP contribution in [0.3, 0.4) is 0 Å². The lowest BCUT2D eigenvalue weighted by Crippen LogP contribution is -2.17. The minimum Gasteiger partial charge on any atom is -0.406 e. The van der Waals surface area contributed by atoms with Crippen molar-refractivity contribution < 1.29 is 26.7 Å². The summed E-state index contributed by atoms with van der Waals surface area (Å²) in [6.07, 6.45) is -3.12. The van der Waals surface area contributed by atoms with E-state index in [0.717, 1.165) is 6.07 Å². The van der Waals surface area contributed by atoms with Crippen molar-refractivity contribution in [2.75, 3.05) is 0 Å². The molecule has 0 fully saturated rings. The fraction of sp³-hybridized carbons (Fsp3) is 0.100. The lowest BCUT2D eigenvalue weighted by atomic mass is 10.1. The molecule has 148 valence electrons. The van der Waals surface area contributed by atoms with Gasteiger partial charge < -0.3 is 9.72 Å². The zero-order valence-electron chi connectivity index (χ0n) is 14.6. The van der Waals surface area contributed by atoms with E-state index in [1.165, 1.54) is 36.5 Å². The van der Waals surface area contributed by atoms with E-state index in [4.69, 9.17) is 0 Å². The van der Waals surface area contributed by atoms with Crippen molar-refractivity contribution in [2.45, 2.75) is 12.8 Å². The monoisotopic (exact) mass is 405 g/mol. The van der Waals surface area contributed by atoms with Gasteiger partial charge in [0, 0.05) is 12.6 Å². The second kappa shape index (κ2) is 7.16. The summed E-state index contributed by atoms with van der Waals surface area (Å²) >= 11 is 0. The summed E-state index contributed by atoms with van der Waals surface area (Å²) in [5.74, 6) is -2.24. The van der Waals surface area contributed by atoms with Gasteiger partial charge in [-0.1, -0.05) is 18.2 Å². The third-order valence-electron chi connectivity index (χ3n) is 4.19. The number of nitrogens with zero attached hydrogens (tertiary/aromatic N) is 2. The number of aromatic nitrogens is 3. The number of H-pyrrole nitrogens is 1. The van der Waals surface area contributed by atoms with Crippen LogP contribution in [0.5, 0.6) is 5.75 Å². The van der Waals surface area contributed by atoms with Crippen LogP contribution in [-0.2, 0) is 6.42 Å². The molecule has 0 atom stereocenters. The van der Waals surface area contributed by atoms with Crippen LogP contribution < -0.4 is 4.74 Å². The topological polar surface area (TPSA) is 50.8 Å². The normalized spacial score (nSPS) is 11.8. The van der Waals surface area contributed by atoms with Crippen LogP contribution in [-0.4, -0.2) is 21.3 Å². The summed E-state index contributed by atoms with van der Waals surface area (Å²) in [5.41, 5.74) is 1.90. The van der Waals surface area contributed by atoms with E-state index in [-0.39, 0.29) is 23.6 Å². The lowest BCUT2D eigenvalue weighted by Gasteiger charge is -2.10.